The van der Waals surface area contributed by atoms with Gasteiger partial charge in [-0.1, -0.05) is 36.9 Å². The molecular formula is C21H25ClN6S. The van der Waals surface area contributed by atoms with Gasteiger partial charge >= 0.3 is 0 Å². The van der Waals surface area contributed by atoms with Crippen LogP contribution in [0.25, 0.3) is 5.70 Å². The Hall–Kier alpha value is -2.09. The molecule has 1 aromatic heterocycles. The third-order valence-electron chi connectivity index (χ3n) is 5.62. The average molecular weight is 429 g/mol. The summed E-state index contributed by atoms with van der Waals surface area (Å²) in [5.74, 6) is 1.72. The van der Waals surface area contributed by atoms with E-state index in [1.54, 1.807) is 0 Å². The van der Waals surface area contributed by atoms with Gasteiger partial charge in [0.25, 0.3) is 0 Å². The molecule has 1 saturated heterocycles. The summed E-state index contributed by atoms with van der Waals surface area (Å²) in [6.45, 7) is 10.9. The lowest BCUT2D eigenvalue weighted by atomic mass is 9.80. The largest absolute Gasteiger partial charge is 0.355 e. The zero-order valence-electron chi connectivity index (χ0n) is 16.7. The van der Waals surface area contributed by atoms with Crippen molar-refractivity contribution in [1.29, 1.82) is 0 Å². The smallest absolute Gasteiger partial charge is 0.147 e. The Bertz CT molecular complexity index is 964. The first-order chi connectivity index (χ1) is 13.9. The second-order valence-corrected chi connectivity index (χ2v) is 9.33. The molecule has 152 valence electrons. The van der Waals surface area contributed by atoms with Crippen LogP contribution in [0.5, 0.6) is 0 Å². The highest BCUT2D eigenvalue weighted by atomic mass is 35.5. The van der Waals surface area contributed by atoms with Gasteiger partial charge in [0.2, 0.25) is 0 Å². The molecule has 29 heavy (non-hydrogen) atoms. The summed E-state index contributed by atoms with van der Waals surface area (Å²) in [5.41, 5.74) is 8.58. The van der Waals surface area contributed by atoms with Gasteiger partial charge in [-0.25, -0.2) is 15.0 Å². The molecule has 0 atom stereocenters. The van der Waals surface area contributed by atoms with Crippen molar-refractivity contribution in [3.05, 3.63) is 41.7 Å². The fraction of sp³-hybridized carbons (Fsp3) is 0.381. The van der Waals surface area contributed by atoms with E-state index in [0.717, 1.165) is 71.0 Å². The molecular weight excluding hydrogens is 404 g/mol. The van der Waals surface area contributed by atoms with Crippen LogP contribution in [0.3, 0.4) is 0 Å². The summed E-state index contributed by atoms with van der Waals surface area (Å²) in [6.07, 6.45) is 5.80. The topological polar surface area (TPSA) is 79.4 Å². The van der Waals surface area contributed by atoms with E-state index >= 15 is 0 Å². The molecule has 2 aliphatic heterocycles. The number of aromatic nitrogens is 2. The summed E-state index contributed by atoms with van der Waals surface area (Å²) in [4.78, 5) is 16.9. The van der Waals surface area contributed by atoms with Crippen molar-refractivity contribution in [1.82, 2.24) is 15.3 Å². The van der Waals surface area contributed by atoms with E-state index in [9.17, 15) is 0 Å². The Morgan fingerprint density at radius 1 is 1.28 bits per heavy atom. The first kappa shape index (κ1) is 20.2. The molecule has 6 nitrogen and oxygen atoms in total. The third-order valence-corrected chi connectivity index (χ3v) is 7.11. The van der Waals surface area contributed by atoms with Gasteiger partial charge in [-0.15, -0.1) is 0 Å². The minimum absolute atomic E-state index is 0.240. The predicted octanol–water partition coefficient (Wildman–Crippen LogP) is 4.47. The van der Waals surface area contributed by atoms with Crippen LogP contribution < -0.4 is 16.0 Å². The van der Waals surface area contributed by atoms with Crippen LogP contribution in [0.1, 0.15) is 32.3 Å². The van der Waals surface area contributed by atoms with E-state index in [0.29, 0.717) is 5.02 Å². The molecule has 1 fully saturated rings. The summed E-state index contributed by atoms with van der Waals surface area (Å²) in [7, 11) is 0. The molecule has 0 aliphatic carbocycles. The Labute approximate surface area is 180 Å². The van der Waals surface area contributed by atoms with Crippen LogP contribution in [-0.4, -0.2) is 35.4 Å². The first-order valence-electron chi connectivity index (χ1n) is 9.67. The number of nitrogens with one attached hydrogen (secondary N) is 1. The maximum Gasteiger partial charge on any atom is 0.147 e. The minimum Gasteiger partial charge on any atom is -0.355 e. The molecule has 0 amide bonds. The number of piperidine rings is 1. The van der Waals surface area contributed by atoms with Crippen molar-refractivity contribution in [3.63, 3.8) is 0 Å². The van der Waals surface area contributed by atoms with Gasteiger partial charge in [0.05, 0.1) is 23.1 Å². The number of fused-ring (bicyclic) bond motifs is 1. The molecule has 2 aliphatic rings. The molecule has 8 heteroatoms. The summed E-state index contributed by atoms with van der Waals surface area (Å²) in [5, 5.41) is 4.57. The molecule has 4 rings (SSSR count). The molecule has 2 aromatic rings. The van der Waals surface area contributed by atoms with Crippen molar-refractivity contribution in [2.24, 2.45) is 16.1 Å². The number of benzene rings is 1. The second kappa shape index (κ2) is 7.97. The van der Waals surface area contributed by atoms with E-state index in [1.165, 1.54) is 11.8 Å². The van der Waals surface area contributed by atoms with Crippen molar-refractivity contribution in [3.8, 4) is 0 Å². The number of nitrogens with two attached hydrogens (primary N) is 1. The normalized spacial score (nSPS) is 18.1. The number of anilines is 1. The molecule has 3 N–H and O–H groups in total. The molecule has 0 spiro atoms. The number of hydrogen-bond acceptors (Lipinski definition) is 7. The summed E-state index contributed by atoms with van der Waals surface area (Å²) < 4.78 is 0. The number of rotatable bonds is 4. The van der Waals surface area contributed by atoms with Gasteiger partial charge in [-0.3, -0.25) is 0 Å². The van der Waals surface area contributed by atoms with E-state index < -0.39 is 0 Å². The number of amidine groups is 1. The van der Waals surface area contributed by atoms with Gasteiger partial charge in [-0.05, 0) is 43.9 Å². The summed E-state index contributed by atoms with van der Waals surface area (Å²) in [6, 6.07) is 3.93. The molecule has 0 unspecified atom stereocenters. The monoisotopic (exact) mass is 428 g/mol. The average Bonchev–Trinajstić information content (AvgIpc) is 2.71. The van der Waals surface area contributed by atoms with E-state index in [1.807, 2.05) is 31.5 Å². The Morgan fingerprint density at radius 3 is 2.69 bits per heavy atom. The minimum atomic E-state index is 0.240. The first-order valence-corrected chi connectivity index (χ1v) is 10.9. The Morgan fingerprint density at radius 2 is 2.03 bits per heavy atom. The molecule has 0 radical (unpaired) electrons. The number of nitrogens with zero attached hydrogens (tertiary/aromatic N) is 4. The van der Waals surface area contributed by atoms with E-state index in [4.69, 9.17) is 17.3 Å². The number of aliphatic imine (C=N–C) groups is 1. The van der Waals surface area contributed by atoms with Crippen LogP contribution in [0.15, 0.2) is 46.0 Å². The lowest BCUT2D eigenvalue weighted by Gasteiger charge is -2.39. The second-order valence-electron chi connectivity index (χ2n) is 7.89. The van der Waals surface area contributed by atoms with Gasteiger partial charge in [0.1, 0.15) is 16.7 Å². The highest BCUT2D eigenvalue weighted by Crippen LogP contribution is 2.42. The van der Waals surface area contributed by atoms with E-state index in [-0.39, 0.29) is 5.41 Å². The maximum absolute atomic E-state index is 6.66. The van der Waals surface area contributed by atoms with Crippen LogP contribution in [0.4, 0.5) is 11.5 Å². The highest BCUT2D eigenvalue weighted by molar-refractivity contribution is 7.99. The quantitative estimate of drug-likeness (QED) is 0.747. The van der Waals surface area contributed by atoms with Gasteiger partial charge in [0, 0.05) is 29.2 Å². The van der Waals surface area contributed by atoms with Gasteiger partial charge < -0.3 is 16.0 Å². The standard InChI is InChI=1S/C21H25ClN6S/c1-13-19-15(27-14(2)26-13)4-5-16(20(19)22)29-18-11-24-17(10-25-18)28-8-6-21(3,12-23)7-9-28/h4-5,10-11H,1,6-9,12,23H2,2-3H3,(H,26,27). The van der Waals surface area contributed by atoms with Crippen molar-refractivity contribution >= 4 is 46.4 Å². The van der Waals surface area contributed by atoms with Crippen LogP contribution in [-0.2, 0) is 0 Å². The van der Waals surface area contributed by atoms with Crippen LogP contribution >= 0.6 is 23.4 Å². The third kappa shape index (κ3) is 4.13. The lowest BCUT2D eigenvalue weighted by molar-refractivity contribution is 0.258. The van der Waals surface area contributed by atoms with Crippen molar-refractivity contribution in [2.75, 3.05) is 24.5 Å². The molecule has 0 saturated carbocycles. The van der Waals surface area contributed by atoms with Crippen molar-refractivity contribution in [2.45, 2.75) is 36.6 Å². The zero-order chi connectivity index (χ0) is 20.6. The molecule has 0 bridgehead atoms. The number of halogens is 1. The fourth-order valence-electron chi connectivity index (χ4n) is 3.61. The Kier molecular flexibility index (Phi) is 5.55. The van der Waals surface area contributed by atoms with Crippen molar-refractivity contribution < 1.29 is 0 Å². The molecule has 1 aromatic carbocycles. The van der Waals surface area contributed by atoms with Gasteiger partial charge in [-0.2, -0.15) is 0 Å². The SMILES string of the molecule is C=C1NC(C)=Nc2ccc(Sc3cnc(N4CCC(C)(CN)CC4)cn3)c(Cl)c21. The predicted molar refractivity (Wildman–Crippen MR) is 121 cm³/mol. The molecule has 3 heterocycles. The van der Waals surface area contributed by atoms with Gasteiger partial charge in [0.15, 0.2) is 0 Å². The lowest BCUT2D eigenvalue weighted by Crippen LogP contribution is -2.42. The van der Waals surface area contributed by atoms with Crippen LogP contribution in [0, 0.1) is 5.41 Å². The summed E-state index contributed by atoms with van der Waals surface area (Å²) >= 11 is 8.15. The fourth-order valence-corrected chi connectivity index (χ4v) is 4.77. The van der Waals surface area contributed by atoms with E-state index in [2.05, 4.69) is 38.7 Å². The zero-order valence-corrected chi connectivity index (χ0v) is 18.3. The highest BCUT2D eigenvalue weighted by Gasteiger charge is 2.29. The Balaban J connectivity index is 1.49. The van der Waals surface area contributed by atoms with Crippen LogP contribution in [0.2, 0.25) is 5.02 Å². The maximum atomic E-state index is 6.66. The number of hydrogen-bond donors (Lipinski definition) is 2.